The van der Waals surface area contributed by atoms with Gasteiger partial charge in [-0.05, 0) is 56.6 Å². The van der Waals surface area contributed by atoms with Gasteiger partial charge in [0, 0.05) is 31.6 Å². The van der Waals surface area contributed by atoms with Crippen LogP contribution >= 0.6 is 0 Å². The number of aryl methyl sites for hydroxylation is 1. The van der Waals surface area contributed by atoms with Crippen molar-refractivity contribution >= 4 is 5.97 Å². The molecule has 6 nitrogen and oxygen atoms in total. The third-order valence-electron chi connectivity index (χ3n) is 7.80. The van der Waals surface area contributed by atoms with E-state index in [1.807, 2.05) is 20.8 Å². The molecule has 6 heteroatoms. The summed E-state index contributed by atoms with van der Waals surface area (Å²) in [6.07, 6.45) is 8.21. The second-order valence-corrected chi connectivity index (χ2v) is 11.8. The van der Waals surface area contributed by atoms with E-state index < -0.39 is 5.60 Å². The van der Waals surface area contributed by atoms with Gasteiger partial charge in [-0.15, -0.1) is 0 Å². The molecular formula is C31H39N3O3. The minimum absolute atomic E-state index is 0.0223. The molecule has 2 aromatic carbocycles. The monoisotopic (exact) mass is 501 g/mol. The first kappa shape index (κ1) is 25.7. The largest absolute Gasteiger partial charge is 0.460 e. The predicted molar refractivity (Wildman–Crippen MR) is 144 cm³/mol. The van der Waals surface area contributed by atoms with Crippen LogP contribution in [0.25, 0.3) is 11.4 Å². The van der Waals surface area contributed by atoms with E-state index in [4.69, 9.17) is 14.2 Å². The highest BCUT2D eigenvalue weighted by atomic mass is 16.6. The number of esters is 1. The molecule has 0 bridgehead atoms. The van der Waals surface area contributed by atoms with Crippen molar-refractivity contribution in [2.75, 3.05) is 13.1 Å². The van der Waals surface area contributed by atoms with Crippen LogP contribution < -0.4 is 0 Å². The molecule has 1 aliphatic heterocycles. The number of carbonyl (C=O) groups excluding carboxylic acids is 1. The summed E-state index contributed by atoms with van der Waals surface area (Å²) >= 11 is 0. The third kappa shape index (κ3) is 6.30. The van der Waals surface area contributed by atoms with Gasteiger partial charge in [0.15, 0.2) is 0 Å². The topological polar surface area (TPSA) is 68.5 Å². The number of ether oxygens (including phenoxy) is 1. The zero-order valence-electron chi connectivity index (χ0n) is 22.4. The minimum Gasteiger partial charge on any atom is -0.460 e. The average molecular weight is 502 g/mol. The van der Waals surface area contributed by atoms with Gasteiger partial charge >= 0.3 is 5.97 Å². The normalized spacial score (nSPS) is 18.4. The number of hydrogen-bond acceptors (Lipinski definition) is 6. The maximum Gasteiger partial charge on any atom is 0.312 e. The van der Waals surface area contributed by atoms with Crippen LogP contribution in [0.1, 0.15) is 76.3 Å². The highest BCUT2D eigenvalue weighted by Crippen LogP contribution is 2.43. The van der Waals surface area contributed by atoms with Crippen LogP contribution in [-0.4, -0.2) is 39.7 Å². The van der Waals surface area contributed by atoms with Crippen molar-refractivity contribution in [3.05, 3.63) is 71.6 Å². The maximum absolute atomic E-state index is 12.2. The van der Waals surface area contributed by atoms with Gasteiger partial charge in [0.05, 0.1) is 5.92 Å². The minimum atomic E-state index is -0.429. The molecule has 37 heavy (non-hydrogen) atoms. The lowest BCUT2D eigenvalue weighted by atomic mass is 9.67. The summed E-state index contributed by atoms with van der Waals surface area (Å²) in [5.41, 5.74) is 3.41. The molecule has 3 aromatic rings. The number of carbonyl (C=O) groups is 1. The Morgan fingerprint density at radius 1 is 1.03 bits per heavy atom. The van der Waals surface area contributed by atoms with E-state index in [0.29, 0.717) is 11.7 Å². The van der Waals surface area contributed by atoms with Crippen LogP contribution in [0.2, 0.25) is 0 Å². The lowest BCUT2D eigenvalue weighted by Crippen LogP contribution is -2.51. The van der Waals surface area contributed by atoms with E-state index in [1.165, 1.54) is 43.2 Å². The maximum atomic E-state index is 12.2. The summed E-state index contributed by atoms with van der Waals surface area (Å²) in [6, 6.07) is 19.3. The highest BCUT2D eigenvalue weighted by Gasteiger charge is 2.36. The van der Waals surface area contributed by atoms with E-state index in [0.717, 1.165) is 38.0 Å². The van der Waals surface area contributed by atoms with Crippen molar-refractivity contribution in [3.8, 4) is 11.4 Å². The van der Waals surface area contributed by atoms with Crippen LogP contribution in [0.4, 0.5) is 0 Å². The zero-order valence-corrected chi connectivity index (χ0v) is 22.4. The molecule has 2 fully saturated rings. The number of likely N-dealkylation sites (tertiary alicyclic amines) is 1. The fourth-order valence-corrected chi connectivity index (χ4v) is 5.77. The molecular weight excluding hydrogens is 462 g/mol. The second-order valence-electron chi connectivity index (χ2n) is 11.8. The van der Waals surface area contributed by atoms with E-state index in [1.54, 1.807) is 0 Å². The summed E-state index contributed by atoms with van der Waals surface area (Å²) in [7, 11) is 0. The Morgan fingerprint density at radius 3 is 2.41 bits per heavy atom. The highest BCUT2D eigenvalue weighted by molar-refractivity contribution is 5.74. The summed E-state index contributed by atoms with van der Waals surface area (Å²) < 4.78 is 11.2. The Labute approximate surface area is 220 Å². The molecule has 2 heterocycles. The molecule has 1 saturated heterocycles. The fourth-order valence-electron chi connectivity index (χ4n) is 5.77. The van der Waals surface area contributed by atoms with Gasteiger partial charge in [-0.2, -0.15) is 4.98 Å². The molecule has 0 atom stereocenters. The quantitative estimate of drug-likeness (QED) is 0.335. The number of rotatable bonds is 8. The van der Waals surface area contributed by atoms with Gasteiger partial charge in [0.2, 0.25) is 11.7 Å². The number of nitrogens with zero attached hydrogens (tertiary/aromatic N) is 3. The van der Waals surface area contributed by atoms with E-state index in [9.17, 15) is 4.79 Å². The fraction of sp³-hybridized carbons (Fsp3) is 0.516. The van der Waals surface area contributed by atoms with E-state index >= 15 is 0 Å². The number of aromatic nitrogens is 2. The second kappa shape index (κ2) is 10.8. The van der Waals surface area contributed by atoms with Gasteiger partial charge in [0.25, 0.3) is 0 Å². The molecule has 0 amide bonds. The molecule has 0 unspecified atom stereocenters. The zero-order chi connectivity index (χ0) is 25.9. The van der Waals surface area contributed by atoms with Crippen molar-refractivity contribution in [2.24, 2.45) is 5.92 Å². The summed E-state index contributed by atoms with van der Waals surface area (Å²) in [5, 5.41) is 4.27. The average Bonchev–Trinajstić information content (AvgIpc) is 3.34. The van der Waals surface area contributed by atoms with Gasteiger partial charge in [-0.3, -0.25) is 9.69 Å². The van der Waals surface area contributed by atoms with Gasteiger partial charge in [-0.1, -0.05) is 79.0 Å². The standard InChI is InChI=1S/C31H39N3O3/c1-30(2,3)36-29(35)25-21-34(22-25)20-23-12-14-24(15-13-23)28-32-27(37-33-28)16-19-31(17-8-5-9-18-31)26-10-6-4-7-11-26/h4,6-7,10-15,25H,5,8-9,16-22H2,1-3H3. The van der Waals surface area contributed by atoms with Crippen LogP contribution in [0.3, 0.4) is 0 Å². The van der Waals surface area contributed by atoms with Crippen LogP contribution in [0.5, 0.6) is 0 Å². The van der Waals surface area contributed by atoms with Crippen molar-refractivity contribution < 1.29 is 14.1 Å². The van der Waals surface area contributed by atoms with Gasteiger partial charge in [-0.25, -0.2) is 0 Å². The van der Waals surface area contributed by atoms with Crippen molar-refractivity contribution in [1.82, 2.24) is 15.0 Å². The molecule has 2 aliphatic rings. The summed E-state index contributed by atoms with van der Waals surface area (Å²) in [6.45, 7) is 8.04. The smallest absolute Gasteiger partial charge is 0.312 e. The van der Waals surface area contributed by atoms with E-state index in [-0.39, 0.29) is 17.3 Å². The molecule has 0 N–H and O–H groups in total. The molecule has 0 radical (unpaired) electrons. The Kier molecular flexibility index (Phi) is 7.47. The molecule has 196 valence electrons. The Balaban J connectivity index is 1.15. The predicted octanol–water partition coefficient (Wildman–Crippen LogP) is 6.34. The van der Waals surface area contributed by atoms with Crippen molar-refractivity contribution in [3.63, 3.8) is 0 Å². The first-order valence-electron chi connectivity index (χ1n) is 13.7. The Bertz CT molecular complexity index is 1170. The number of hydrogen-bond donors (Lipinski definition) is 0. The molecule has 5 rings (SSSR count). The first-order chi connectivity index (χ1) is 17.8. The third-order valence-corrected chi connectivity index (χ3v) is 7.80. The van der Waals surface area contributed by atoms with E-state index in [2.05, 4.69) is 64.7 Å². The molecule has 1 saturated carbocycles. The van der Waals surface area contributed by atoms with Gasteiger partial charge < -0.3 is 9.26 Å². The lowest BCUT2D eigenvalue weighted by Gasteiger charge is -2.38. The van der Waals surface area contributed by atoms with Gasteiger partial charge in [0.1, 0.15) is 5.60 Å². The first-order valence-corrected chi connectivity index (χ1v) is 13.7. The molecule has 0 spiro atoms. The van der Waals surface area contributed by atoms with Crippen LogP contribution in [0.15, 0.2) is 59.1 Å². The SMILES string of the molecule is CC(C)(C)OC(=O)C1CN(Cc2ccc(-c3noc(CCC4(c5ccccc5)CCCCC4)n3)cc2)C1. The lowest BCUT2D eigenvalue weighted by molar-refractivity contribution is -0.166. The molecule has 1 aromatic heterocycles. The Hall–Kier alpha value is -2.99. The summed E-state index contributed by atoms with van der Waals surface area (Å²) in [4.78, 5) is 19.2. The van der Waals surface area contributed by atoms with Crippen LogP contribution in [0, 0.1) is 5.92 Å². The van der Waals surface area contributed by atoms with Crippen molar-refractivity contribution in [2.45, 2.75) is 83.3 Å². The van der Waals surface area contributed by atoms with Crippen LogP contribution in [-0.2, 0) is 27.9 Å². The van der Waals surface area contributed by atoms with Crippen molar-refractivity contribution in [1.29, 1.82) is 0 Å². The Morgan fingerprint density at radius 2 is 1.73 bits per heavy atom. The number of benzene rings is 2. The molecule has 1 aliphatic carbocycles. The summed E-state index contributed by atoms with van der Waals surface area (Å²) in [5.74, 6) is 1.25.